The first-order chi connectivity index (χ1) is 9.04. The van der Waals surface area contributed by atoms with Crippen molar-refractivity contribution in [2.45, 2.75) is 20.8 Å². The highest BCUT2D eigenvalue weighted by Crippen LogP contribution is 2.16. The second kappa shape index (κ2) is 5.52. The van der Waals surface area contributed by atoms with Gasteiger partial charge in [-0.05, 0) is 50.1 Å². The monoisotopic (exact) mass is 255 g/mol. The predicted octanol–water partition coefficient (Wildman–Crippen LogP) is 3.65. The van der Waals surface area contributed by atoms with Gasteiger partial charge in [0.1, 0.15) is 5.82 Å². The zero-order valence-corrected chi connectivity index (χ0v) is 11.3. The summed E-state index contributed by atoms with van der Waals surface area (Å²) in [7, 11) is 0. The minimum Gasteiger partial charge on any atom is -0.307 e. The summed E-state index contributed by atoms with van der Waals surface area (Å²) in [6, 6.07) is 11.2. The van der Waals surface area contributed by atoms with Gasteiger partial charge in [-0.3, -0.25) is 5.32 Å². The Bertz CT molecular complexity index is 608. The third kappa shape index (κ3) is 3.55. The summed E-state index contributed by atoms with van der Waals surface area (Å²) in [5.41, 5.74) is 3.81. The number of hydrogen-bond donors (Lipinski definition) is 2. The second-order valence-corrected chi connectivity index (χ2v) is 4.56. The Morgan fingerprint density at radius 2 is 1.84 bits per heavy atom. The van der Waals surface area contributed by atoms with Crippen LogP contribution in [0.1, 0.15) is 16.8 Å². The van der Waals surface area contributed by atoms with Crippen LogP contribution < -0.4 is 10.6 Å². The molecule has 2 N–H and O–H groups in total. The molecule has 1 heterocycles. The molecule has 4 nitrogen and oxygen atoms in total. The number of aryl methyl sites for hydroxylation is 3. The number of anilines is 2. The third-order valence-corrected chi connectivity index (χ3v) is 2.77. The van der Waals surface area contributed by atoms with Gasteiger partial charge in [0.05, 0.1) is 0 Å². The quantitative estimate of drug-likeness (QED) is 0.860. The van der Waals surface area contributed by atoms with Crippen LogP contribution in [0.2, 0.25) is 0 Å². The van der Waals surface area contributed by atoms with E-state index in [1.165, 1.54) is 0 Å². The molecule has 0 aliphatic carbocycles. The number of urea groups is 1. The van der Waals surface area contributed by atoms with Gasteiger partial charge in [0.2, 0.25) is 0 Å². The molecule has 0 saturated carbocycles. The Morgan fingerprint density at radius 1 is 1.05 bits per heavy atom. The van der Waals surface area contributed by atoms with Crippen molar-refractivity contribution in [2.24, 2.45) is 0 Å². The Labute approximate surface area is 112 Å². The summed E-state index contributed by atoms with van der Waals surface area (Å²) < 4.78 is 0. The highest BCUT2D eigenvalue weighted by atomic mass is 16.2. The number of nitrogens with zero attached hydrogens (tertiary/aromatic N) is 1. The molecule has 19 heavy (non-hydrogen) atoms. The molecule has 0 spiro atoms. The van der Waals surface area contributed by atoms with Crippen molar-refractivity contribution in [2.75, 3.05) is 10.6 Å². The van der Waals surface area contributed by atoms with E-state index >= 15 is 0 Å². The van der Waals surface area contributed by atoms with Crippen molar-refractivity contribution in [3.63, 3.8) is 0 Å². The SMILES string of the molecule is Cc1ccc(C)c(NC(=O)Nc2cccc(C)n2)c1. The minimum atomic E-state index is -0.285. The molecule has 2 amide bonds. The molecule has 2 rings (SSSR count). The van der Waals surface area contributed by atoms with Gasteiger partial charge in [0, 0.05) is 11.4 Å². The molecule has 0 fully saturated rings. The fraction of sp³-hybridized carbons (Fsp3) is 0.200. The lowest BCUT2D eigenvalue weighted by Gasteiger charge is -2.10. The van der Waals surface area contributed by atoms with Gasteiger partial charge in [-0.25, -0.2) is 9.78 Å². The first-order valence-corrected chi connectivity index (χ1v) is 6.13. The number of nitrogens with one attached hydrogen (secondary N) is 2. The zero-order valence-electron chi connectivity index (χ0n) is 11.3. The number of amides is 2. The molecular weight excluding hydrogens is 238 g/mol. The lowest BCUT2D eigenvalue weighted by atomic mass is 10.1. The number of aromatic nitrogens is 1. The summed E-state index contributed by atoms with van der Waals surface area (Å²) >= 11 is 0. The molecule has 0 aliphatic rings. The van der Waals surface area contributed by atoms with Crippen molar-refractivity contribution in [3.8, 4) is 0 Å². The van der Waals surface area contributed by atoms with Gasteiger partial charge in [0.15, 0.2) is 0 Å². The molecule has 2 aromatic rings. The molecule has 1 aromatic carbocycles. The topological polar surface area (TPSA) is 54.0 Å². The van der Waals surface area contributed by atoms with Gasteiger partial charge < -0.3 is 5.32 Å². The summed E-state index contributed by atoms with van der Waals surface area (Å²) in [5, 5.41) is 5.55. The largest absolute Gasteiger partial charge is 0.324 e. The maximum absolute atomic E-state index is 11.9. The van der Waals surface area contributed by atoms with Crippen molar-refractivity contribution < 1.29 is 4.79 Å². The lowest BCUT2D eigenvalue weighted by Crippen LogP contribution is -2.20. The molecule has 0 aliphatic heterocycles. The molecular formula is C15H17N3O. The van der Waals surface area contributed by atoms with Crippen LogP contribution in [0.4, 0.5) is 16.3 Å². The first kappa shape index (κ1) is 13.1. The Balaban J connectivity index is 2.07. The van der Waals surface area contributed by atoms with E-state index < -0.39 is 0 Å². The van der Waals surface area contributed by atoms with Crippen LogP contribution in [0.25, 0.3) is 0 Å². The van der Waals surface area contributed by atoms with Crippen molar-refractivity contribution in [1.82, 2.24) is 4.98 Å². The number of benzene rings is 1. The number of hydrogen-bond acceptors (Lipinski definition) is 2. The number of pyridine rings is 1. The normalized spacial score (nSPS) is 10.1. The molecule has 0 saturated heterocycles. The minimum absolute atomic E-state index is 0.285. The third-order valence-electron chi connectivity index (χ3n) is 2.77. The predicted molar refractivity (Wildman–Crippen MR) is 77.5 cm³/mol. The maximum atomic E-state index is 11.9. The van der Waals surface area contributed by atoms with Crippen LogP contribution in [0.3, 0.4) is 0 Å². The number of rotatable bonds is 2. The van der Waals surface area contributed by atoms with E-state index in [2.05, 4.69) is 15.6 Å². The smallest absolute Gasteiger partial charge is 0.307 e. The molecule has 98 valence electrons. The van der Waals surface area contributed by atoms with Gasteiger partial charge in [0.25, 0.3) is 0 Å². The van der Waals surface area contributed by atoms with Gasteiger partial charge in [-0.2, -0.15) is 0 Å². The Morgan fingerprint density at radius 3 is 2.58 bits per heavy atom. The van der Waals surface area contributed by atoms with Gasteiger partial charge in [-0.1, -0.05) is 18.2 Å². The Hall–Kier alpha value is -2.36. The lowest BCUT2D eigenvalue weighted by molar-refractivity contribution is 0.262. The highest BCUT2D eigenvalue weighted by molar-refractivity contribution is 5.99. The van der Waals surface area contributed by atoms with Crippen LogP contribution in [-0.4, -0.2) is 11.0 Å². The van der Waals surface area contributed by atoms with Crippen molar-refractivity contribution in [1.29, 1.82) is 0 Å². The van der Waals surface area contributed by atoms with E-state index in [0.717, 1.165) is 22.5 Å². The van der Waals surface area contributed by atoms with Crippen molar-refractivity contribution in [3.05, 3.63) is 53.2 Å². The summed E-state index contributed by atoms with van der Waals surface area (Å²) in [6.45, 7) is 5.83. The van der Waals surface area contributed by atoms with E-state index in [1.807, 2.05) is 51.1 Å². The maximum Gasteiger partial charge on any atom is 0.324 e. The molecule has 0 atom stereocenters. The van der Waals surface area contributed by atoms with E-state index in [-0.39, 0.29) is 6.03 Å². The van der Waals surface area contributed by atoms with Crippen LogP contribution in [0.5, 0.6) is 0 Å². The molecule has 0 radical (unpaired) electrons. The van der Waals surface area contributed by atoms with Crippen molar-refractivity contribution >= 4 is 17.5 Å². The standard InChI is InChI=1S/C15H17N3O/c1-10-7-8-11(2)13(9-10)17-15(19)18-14-6-4-5-12(3)16-14/h4-9H,1-3H3,(H2,16,17,18,19). The Kier molecular flexibility index (Phi) is 3.80. The molecule has 1 aromatic heterocycles. The average molecular weight is 255 g/mol. The average Bonchev–Trinajstić information content (AvgIpc) is 2.34. The molecule has 4 heteroatoms. The van der Waals surface area contributed by atoms with Crippen LogP contribution in [-0.2, 0) is 0 Å². The van der Waals surface area contributed by atoms with Gasteiger partial charge in [-0.15, -0.1) is 0 Å². The summed E-state index contributed by atoms with van der Waals surface area (Å²) in [5.74, 6) is 0.544. The van der Waals surface area contributed by atoms with E-state index in [0.29, 0.717) is 5.82 Å². The number of carbonyl (C=O) groups is 1. The van der Waals surface area contributed by atoms with E-state index in [9.17, 15) is 4.79 Å². The van der Waals surface area contributed by atoms with E-state index in [1.54, 1.807) is 6.07 Å². The summed E-state index contributed by atoms with van der Waals surface area (Å²) in [6.07, 6.45) is 0. The van der Waals surface area contributed by atoms with Crippen LogP contribution in [0, 0.1) is 20.8 Å². The van der Waals surface area contributed by atoms with Crippen LogP contribution >= 0.6 is 0 Å². The molecule has 0 bridgehead atoms. The fourth-order valence-corrected chi connectivity index (χ4v) is 1.75. The van der Waals surface area contributed by atoms with Gasteiger partial charge >= 0.3 is 6.03 Å². The van der Waals surface area contributed by atoms with Crippen LogP contribution in [0.15, 0.2) is 36.4 Å². The molecule has 0 unspecified atom stereocenters. The first-order valence-electron chi connectivity index (χ1n) is 6.13. The fourth-order valence-electron chi connectivity index (χ4n) is 1.75. The highest BCUT2D eigenvalue weighted by Gasteiger charge is 2.05. The number of carbonyl (C=O) groups excluding carboxylic acids is 1. The second-order valence-electron chi connectivity index (χ2n) is 4.56. The summed E-state index contributed by atoms with van der Waals surface area (Å²) in [4.78, 5) is 16.1. The van der Waals surface area contributed by atoms with E-state index in [4.69, 9.17) is 0 Å². The zero-order chi connectivity index (χ0) is 13.8.